The molecule has 144 valence electrons. The maximum atomic E-state index is 5.00. The van der Waals surface area contributed by atoms with E-state index in [0.717, 1.165) is 44.7 Å². The molecule has 0 radical (unpaired) electrons. The van der Waals surface area contributed by atoms with Crippen LogP contribution in [0, 0.1) is 5.92 Å². The van der Waals surface area contributed by atoms with Crippen molar-refractivity contribution in [1.82, 2.24) is 14.5 Å². The van der Waals surface area contributed by atoms with Gasteiger partial charge in [0.1, 0.15) is 5.82 Å². The van der Waals surface area contributed by atoms with Crippen molar-refractivity contribution in [2.45, 2.75) is 25.8 Å². The minimum atomic E-state index is 0.691. The van der Waals surface area contributed by atoms with Gasteiger partial charge in [-0.3, -0.25) is 0 Å². The number of rotatable bonds is 7. The van der Waals surface area contributed by atoms with Gasteiger partial charge in [-0.1, -0.05) is 42.5 Å². The summed E-state index contributed by atoms with van der Waals surface area (Å²) in [5.74, 6) is 1.91. The minimum absolute atomic E-state index is 0.691. The van der Waals surface area contributed by atoms with E-state index in [-0.39, 0.29) is 0 Å². The second kappa shape index (κ2) is 9.24. The van der Waals surface area contributed by atoms with Crippen molar-refractivity contribution >= 4 is 28.4 Å². The zero-order valence-electron chi connectivity index (χ0n) is 16.1. The van der Waals surface area contributed by atoms with Crippen molar-refractivity contribution in [1.29, 1.82) is 0 Å². The van der Waals surface area contributed by atoms with E-state index in [9.17, 15) is 0 Å². The van der Waals surface area contributed by atoms with Gasteiger partial charge in [-0.25, -0.2) is 9.98 Å². The van der Waals surface area contributed by atoms with Crippen molar-refractivity contribution in [2.75, 3.05) is 26.2 Å². The maximum absolute atomic E-state index is 5.00. The Morgan fingerprint density at radius 1 is 1.04 bits per heavy atom. The largest absolute Gasteiger partial charge is 0.323 e. The second-order valence-electron chi connectivity index (χ2n) is 7.55. The molecule has 5 heteroatoms. The van der Waals surface area contributed by atoms with Crippen LogP contribution in [0.2, 0.25) is 0 Å². The number of fused-ring (bicyclic) bond motifs is 1. The molecule has 28 heavy (non-hydrogen) atoms. The monoisotopic (exact) mass is 390 g/mol. The van der Waals surface area contributed by atoms with Gasteiger partial charge in [-0.05, 0) is 61.8 Å². The number of benzene rings is 2. The Kier molecular flexibility index (Phi) is 6.27. The van der Waals surface area contributed by atoms with Gasteiger partial charge in [0, 0.05) is 19.5 Å². The number of para-hydroxylation sites is 2. The smallest absolute Gasteiger partial charge is 0.110 e. The molecule has 0 bridgehead atoms. The average molecular weight is 391 g/mol. The molecule has 0 amide bonds. The van der Waals surface area contributed by atoms with Gasteiger partial charge >= 0.3 is 0 Å². The number of hydrogen-bond donors (Lipinski definition) is 0. The SMILES string of the molecule is S=C=NCCN1CCC(Cc2nc3ccccc3n2Cc2ccccc2)CC1. The highest BCUT2D eigenvalue weighted by atomic mass is 32.1. The van der Waals surface area contributed by atoms with Crippen molar-refractivity contribution < 1.29 is 0 Å². The van der Waals surface area contributed by atoms with E-state index in [1.54, 1.807) is 0 Å². The molecule has 2 aromatic carbocycles. The van der Waals surface area contributed by atoms with Crippen LogP contribution in [0.15, 0.2) is 59.6 Å². The third-order valence-corrected chi connectivity index (χ3v) is 5.82. The van der Waals surface area contributed by atoms with E-state index in [4.69, 9.17) is 4.98 Å². The van der Waals surface area contributed by atoms with Crippen LogP contribution < -0.4 is 0 Å². The van der Waals surface area contributed by atoms with Crippen molar-refractivity contribution in [3.8, 4) is 0 Å². The van der Waals surface area contributed by atoms with Gasteiger partial charge < -0.3 is 9.47 Å². The Labute approximate surface area is 171 Å². The number of thiocarbonyl (C=S) groups is 1. The summed E-state index contributed by atoms with van der Waals surface area (Å²) in [6.07, 6.45) is 3.49. The number of nitrogens with zero attached hydrogens (tertiary/aromatic N) is 4. The lowest BCUT2D eigenvalue weighted by molar-refractivity contribution is 0.187. The van der Waals surface area contributed by atoms with E-state index < -0.39 is 0 Å². The summed E-state index contributed by atoms with van der Waals surface area (Å²) in [5.41, 5.74) is 3.65. The Balaban J connectivity index is 1.48. The van der Waals surface area contributed by atoms with Gasteiger partial charge in [0.25, 0.3) is 0 Å². The first-order valence-electron chi connectivity index (χ1n) is 10.1. The fourth-order valence-corrected chi connectivity index (χ4v) is 4.22. The van der Waals surface area contributed by atoms with Gasteiger partial charge in [-0.15, -0.1) is 0 Å². The highest BCUT2D eigenvalue weighted by Crippen LogP contribution is 2.25. The molecule has 0 atom stereocenters. The molecular weight excluding hydrogens is 364 g/mol. The molecule has 4 rings (SSSR count). The lowest BCUT2D eigenvalue weighted by Crippen LogP contribution is -2.36. The Bertz CT molecular complexity index is 951. The predicted molar refractivity (Wildman–Crippen MR) is 118 cm³/mol. The molecule has 3 aromatic rings. The predicted octanol–water partition coefficient (Wildman–Crippen LogP) is 4.44. The van der Waals surface area contributed by atoms with Crippen molar-refractivity contribution in [2.24, 2.45) is 10.9 Å². The first kappa shape index (κ1) is 19.0. The van der Waals surface area contributed by atoms with E-state index >= 15 is 0 Å². The summed E-state index contributed by atoms with van der Waals surface area (Å²) >= 11 is 4.65. The fraction of sp³-hybridized carbons (Fsp3) is 0.391. The van der Waals surface area contributed by atoms with Gasteiger partial charge in [0.15, 0.2) is 0 Å². The average Bonchev–Trinajstić information content (AvgIpc) is 3.07. The van der Waals surface area contributed by atoms with Gasteiger partial charge in [-0.2, -0.15) is 0 Å². The molecule has 1 aliphatic heterocycles. The number of imidazole rings is 1. The molecule has 0 spiro atoms. The van der Waals surface area contributed by atoms with Crippen LogP contribution in [0.3, 0.4) is 0 Å². The van der Waals surface area contributed by atoms with Crippen LogP contribution in [-0.2, 0) is 13.0 Å². The van der Waals surface area contributed by atoms with Crippen LogP contribution in [0.25, 0.3) is 11.0 Å². The molecule has 2 heterocycles. The summed E-state index contributed by atoms with van der Waals surface area (Å²) in [6, 6.07) is 19.2. The Morgan fingerprint density at radius 2 is 1.79 bits per heavy atom. The van der Waals surface area contributed by atoms with E-state index in [1.165, 1.54) is 29.7 Å². The Morgan fingerprint density at radius 3 is 2.57 bits per heavy atom. The standard InChI is InChI=1S/C23H26N4S/c28-18-24-12-15-26-13-10-19(11-14-26)16-23-25-21-8-4-5-9-22(21)27(23)17-20-6-2-1-3-7-20/h1-9,19H,10-17H2. The van der Waals surface area contributed by atoms with E-state index in [1.807, 2.05) is 0 Å². The topological polar surface area (TPSA) is 33.4 Å². The summed E-state index contributed by atoms with van der Waals surface area (Å²) in [6.45, 7) is 4.90. The molecule has 0 N–H and O–H groups in total. The van der Waals surface area contributed by atoms with E-state index in [2.05, 4.69) is 86.4 Å². The van der Waals surface area contributed by atoms with Gasteiger partial charge in [0.2, 0.25) is 0 Å². The molecule has 1 aliphatic rings. The molecule has 0 aliphatic carbocycles. The minimum Gasteiger partial charge on any atom is -0.323 e. The number of hydrogen-bond acceptors (Lipinski definition) is 4. The van der Waals surface area contributed by atoms with Crippen molar-refractivity contribution in [3.05, 3.63) is 66.0 Å². The first-order chi connectivity index (χ1) is 13.8. The number of piperidine rings is 1. The quantitative estimate of drug-likeness (QED) is 0.442. The zero-order valence-corrected chi connectivity index (χ0v) is 16.9. The number of aliphatic imine (C=N–C) groups is 1. The third kappa shape index (κ3) is 4.56. The molecule has 1 fully saturated rings. The van der Waals surface area contributed by atoms with Crippen LogP contribution in [0.4, 0.5) is 0 Å². The summed E-state index contributed by atoms with van der Waals surface area (Å²) in [5, 5.41) is 2.46. The first-order valence-corrected chi connectivity index (χ1v) is 10.5. The molecule has 1 saturated heterocycles. The maximum Gasteiger partial charge on any atom is 0.110 e. The summed E-state index contributed by atoms with van der Waals surface area (Å²) < 4.78 is 2.41. The van der Waals surface area contributed by atoms with Crippen LogP contribution in [-0.4, -0.2) is 45.8 Å². The van der Waals surface area contributed by atoms with Crippen LogP contribution in [0.5, 0.6) is 0 Å². The molecule has 4 nitrogen and oxygen atoms in total. The lowest BCUT2D eigenvalue weighted by atomic mass is 9.93. The number of aromatic nitrogens is 2. The Hall–Kier alpha value is -2.33. The number of likely N-dealkylation sites (tertiary alicyclic amines) is 1. The van der Waals surface area contributed by atoms with Gasteiger partial charge in [0.05, 0.1) is 22.7 Å². The third-order valence-electron chi connectivity index (χ3n) is 5.69. The normalized spacial score (nSPS) is 15.6. The highest BCUT2D eigenvalue weighted by Gasteiger charge is 2.22. The molecule has 1 aromatic heterocycles. The highest BCUT2D eigenvalue weighted by molar-refractivity contribution is 7.78. The fourth-order valence-electron chi connectivity index (χ4n) is 4.13. The number of isothiocyanates is 1. The summed E-state index contributed by atoms with van der Waals surface area (Å²) in [4.78, 5) is 11.5. The molecular formula is C23H26N4S. The van der Waals surface area contributed by atoms with Crippen molar-refractivity contribution in [3.63, 3.8) is 0 Å². The second-order valence-corrected chi connectivity index (χ2v) is 7.73. The molecule has 0 unspecified atom stereocenters. The van der Waals surface area contributed by atoms with Crippen LogP contribution >= 0.6 is 12.2 Å². The molecule has 0 saturated carbocycles. The summed E-state index contributed by atoms with van der Waals surface area (Å²) in [7, 11) is 0. The lowest BCUT2D eigenvalue weighted by Gasteiger charge is -2.31. The van der Waals surface area contributed by atoms with E-state index in [0.29, 0.717) is 5.92 Å². The zero-order chi connectivity index (χ0) is 19.2. The van der Waals surface area contributed by atoms with Crippen LogP contribution in [0.1, 0.15) is 24.2 Å².